The number of amides is 3. The monoisotopic (exact) mass is 1030 g/mol. The highest BCUT2D eigenvalue weighted by Crippen LogP contribution is 2.47. The van der Waals surface area contributed by atoms with Gasteiger partial charge in [0.15, 0.2) is 5.82 Å². The number of ether oxygens (including phenoxy) is 1. The number of likely N-dealkylation sites (tertiary alicyclic amines) is 1. The zero-order valence-electron chi connectivity index (χ0n) is 43.1. The van der Waals surface area contributed by atoms with Crippen molar-refractivity contribution < 1.29 is 38.1 Å². The highest BCUT2D eigenvalue weighted by atomic mass is 19.1. The van der Waals surface area contributed by atoms with Gasteiger partial charge in [0.2, 0.25) is 11.8 Å². The highest BCUT2D eigenvalue weighted by molar-refractivity contribution is 6.04. The van der Waals surface area contributed by atoms with Crippen molar-refractivity contribution in [2.75, 3.05) is 94.9 Å². The smallest absolute Gasteiger partial charge is 0.319 e. The van der Waals surface area contributed by atoms with Crippen molar-refractivity contribution in [3.05, 3.63) is 71.7 Å². The predicted octanol–water partition coefficient (Wildman–Crippen LogP) is 5.83. The van der Waals surface area contributed by atoms with Crippen molar-refractivity contribution in [1.82, 2.24) is 45.3 Å². The van der Waals surface area contributed by atoms with Gasteiger partial charge >= 0.3 is 6.01 Å². The number of anilines is 2. The number of aliphatic hydroxyl groups is 1. The molecule has 8 heterocycles. The van der Waals surface area contributed by atoms with Crippen LogP contribution in [0.4, 0.5) is 20.3 Å². The predicted molar refractivity (Wildman–Crippen MR) is 281 cm³/mol. The Bertz CT molecular complexity index is 2950. The van der Waals surface area contributed by atoms with Crippen molar-refractivity contribution in [1.29, 1.82) is 0 Å². The van der Waals surface area contributed by atoms with Crippen LogP contribution in [0.3, 0.4) is 0 Å². The molecule has 1 saturated carbocycles. The van der Waals surface area contributed by atoms with Crippen LogP contribution in [-0.4, -0.2) is 165 Å². The number of hydrogen-bond donors (Lipinski definition) is 4. The van der Waals surface area contributed by atoms with Gasteiger partial charge in [-0.05, 0) is 137 Å². The topological polar surface area (TPSA) is 193 Å². The number of fused-ring (bicyclic) bond motifs is 2. The number of rotatable bonds is 14. The molecule has 5 aliphatic heterocycles. The van der Waals surface area contributed by atoms with Gasteiger partial charge in [-0.3, -0.25) is 29.6 Å². The Morgan fingerprint density at radius 3 is 2.37 bits per heavy atom. The fourth-order valence-corrected chi connectivity index (χ4v) is 12.4. The molecule has 1 aliphatic carbocycles. The van der Waals surface area contributed by atoms with Crippen molar-refractivity contribution >= 4 is 50.9 Å². The maximum atomic E-state index is 17.2. The van der Waals surface area contributed by atoms with E-state index < -0.39 is 35.1 Å². The molecule has 0 spiro atoms. The normalized spacial score (nSPS) is 23.5. The minimum atomic E-state index is -0.963. The number of carbonyl (C=O) groups is 3. The van der Waals surface area contributed by atoms with Crippen LogP contribution in [0.1, 0.15) is 94.1 Å². The van der Waals surface area contributed by atoms with E-state index in [1.165, 1.54) is 31.2 Å². The fraction of sp³-hybridized carbons (Fsp3) is 0.554. The lowest BCUT2D eigenvalue weighted by Crippen LogP contribution is -2.54. The zero-order valence-corrected chi connectivity index (χ0v) is 43.1. The van der Waals surface area contributed by atoms with Crippen LogP contribution in [0, 0.1) is 23.0 Å². The van der Waals surface area contributed by atoms with E-state index >= 15 is 8.78 Å². The maximum Gasteiger partial charge on any atom is 0.319 e. The first-order valence-corrected chi connectivity index (χ1v) is 27.2. The minimum absolute atomic E-state index is 0.0166. The van der Waals surface area contributed by atoms with Gasteiger partial charge in [-0.1, -0.05) is 13.0 Å². The summed E-state index contributed by atoms with van der Waals surface area (Å²) in [4.78, 5) is 67.1. The van der Waals surface area contributed by atoms with E-state index in [4.69, 9.17) is 14.7 Å². The number of pyridine rings is 2. The van der Waals surface area contributed by atoms with Gasteiger partial charge < -0.3 is 39.9 Å². The molecule has 2 atom stereocenters. The Balaban J connectivity index is 0.669. The Hall–Kier alpha value is -6.15. The molecular formula is C56H69F2N11O6. The van der Waals surface area contributed by atoms with E-state index in [9.17, 15) is 24.6 Å². The van der Waals surface area contributed by atoms with Gasteiger partial charge in [0.1, 0.15) is 40.3 Å². The molecule has 6 fully saturated rings. The number of β-amino-alcohol motifs (C(OH)–C–C–N with tert-alkyl or cyclic N) is 1. The number of halogens is 2. The number of aromatic nitrogens is 4. The van der Waals surface area contributed by atoms with Gasteiger partial charge in [-0.25, -0.2) is 13.8 Å². The number of imide groups is 1. The molecule has 11 rings (SSSR count). The molecule has 19 heteroatoms. The summed E-state index contributed by atoms with van der Waals surface area (Å²) in [5.41, 5.74) is 0.864. The standard InChI is InChI=1S/C56H69F2N11O6/c1-3-40-43(57)7-5-36-27-39(70)28-41(47(36)40)49-48(58)50-42(30-60-49)51(69-18-4-15-55(2,74)32-69)64-54(63-50)75-34-56(16-17-56)33-66-23-25-68(26-24-66)37-13-19-65(20-14-37)31-35-11-21-67(22-12-35)38-6-8-44(59-29-38)52(72)61-45-9-10-46(71)62-53(45)73/h5-8,27-30,35,37,45,70,74H,3-4,9-26,31-34H2,1-2H3,(H,61,72)(H,62,71,73)/t45?,55-/m1/s1. The van der Waals surface area contributed by atoms with Crippen LogP contribution in [0.2, 0.25) is 0 Å². The second kappa shape index (κ2) is 21.1. The third-order valence-corrected chi connectivity index (χ3v) is 16.9. The molecule has 3 amide bonds. The lowest BCUT2D eigenvalue weighted by molar-refractivity contribution is -0.134. The van der Waals surface area contributed by atoms with Crippen molar-refractivity contribution in [3.63, 3.8) is 0 Å². The summed E-state index contributed by atoms with van der Waals surface area (Å²) in [7, 11) is 0. The fourth-order valence-electron chi connectivity index (χ4n) is 12.4. The number of carbonyl (C=O) groups excluding carboxylic acids is 3. The molecule has 6 aliphatic rings. The first-order chi connectivity index (χ1) is 36.2. The molecular weight excluding hydrogens is 961 g/mol. The van der Waals surface area contributed by atoms with Crippen LogP contribution in [0.15, 0.2) is 48.8 Å². The van der Waals surface area contributed by atoms with Crippen molar-refractivity contribution in [2.24, 2.45) is 11.3 Å². The zero-order chi connectivity index (χ0) is 52.0. The lowest BCUT2D eigenvalue weighted by Gasteiger charge is -2.44. The molecule has 1 unspecified atom stereocenters. The number of benzene rings is 2. The van der Waals surface area contributed by atoms with E-state index in [0.717, 1.165) is 103 Å². The number of nitrogens with one attached hydrogen (secondary N) is 2. The Kier molecular flexibility index (Phi) is 14.3. The average Bonchev–Trinajstić information content (AvgIpc) is 4.19. The summed E-state index contributed by atoms with van der Waals surface area (Å²) in [6, 6.07) is 9.45. The minimum Gasteiger partial charge on any atom is -0.508 e. The average molecular weight is 1030 g/mol. The molecule has 17 nitrogen and oxygen atoms in total. The maximum absolute atomic E-state index is 17.2. The number of hydrogen-bond acceptors (Lipinski definition) is 15. The summed E-state index contributed by atoms with van der Waals surface area (Å²) in [5.74, 6) is -1.36. The van der Waals surface area contributed by atoms with Crippen LogP contribution < -0.4 is 25.2 Å². The second-order valence-electron chi connectivity index (χ2n) is 22.4. The summed E-state index contributed by atoms with van der Waals surface area (Å²) >= 11 is 0. The first kappa shape index (κ1) is 51.0. The van der Waals surface area contributed by atoms with Crippen molar-refractivity contribution in [2.45, 2.75) is 102 Å². The largest absolute Gasteiger partial charge is 0.508 e. The van der Waals surface area contributed by atoms with Crippen LogP contribution in [-0.2, 0) is 16.0 Å². The first-order valence-electron chi connectivity index (χ1n) is 27.2. The third-order valence-electron chi connectivity index (χ3n) is 16.9. The Morgan fingerprint density at radius 2 is 1.67 bits per heavy atom. The van der Waals surface area contributed by atoms with Crippen LogP contribution >= 0.6 is 0 Å². The molecule has 5 saturated heterocycles. The number of aryl methyl sites for hydroxylation is 1. The second-order valence-corrected chi connectivity index (χ2v) is 22.4. The van der Waals surface area contributed by atoms with Crippen LogP contribution in [0.25, 0.3) is 32.9 Å². The number of aromatic hydroxyl groups is 1. The summed E-state index contributed by atoms with van der Waals surface area (Å²) < 4.78 is 38.8. The van der Waals surface area contributed by atoms with E-state index in [1.54, 1.807) is 31.3 Å². The van der Waals surface area contributed by atoms with Gasteiger partial charge in [0.05, 0.1) is 29.5 Å². The molecule has 5 aromatic rings. The number of nitrogens with zero attached hydrogens (tertiary/aromatic N) is 9. The number of piperazine rings is 1. The van der Waals surface area contributed by atoms with Gasteiger partial charge in [-0.2, -0.15) is 9.97 Å². The molecule has 0 radical (unpaired) electrons. The molecule has 2 aromatic carbocycles. The van der Waals surface area contributed by atoms with E-state index in [1.807, 2.05) is 17.9 Å². The number of phenolic OH excluding ortho intramolecular Hbond substituents is 1. The van der Waals surface area contributed by atoms with Gasteiger partial charge in [-0.15, -0.1) is 0 Å². The third kappa shape index (κ3) is 11.1. The van der Waals surface area contributed by atoms with Crippen LogP contribution in [0.5, 0.6) is 11.8 Å². The summed E-state index contributed by atoms with van der Waals surface area (Å²) in [6.07, 6.45) is 12.1. The quantitative estimate of drug-likeness (QED) is 0.0971. The van der Waals surface area contributed by atoms with Gasteiger partial charge in [0.25, 0.3) is 5.91 Å². The molecule has 398 valence electrons. The van der Waals surface area contributed by atoms with E-state index in [-0.39, 0.29) is 58.4 Å². The van der Waals surface area contributed by atoms with Crippen molar-refractivity contribution in [3.8, 4) is 23.0 Å². The molecule has 0 bridgehead atoms. The Labute approximate surface area is 436 Å². The molecule has 3 aromatic heterocycles. The number of phenols is 1. The molecule has 4 N–H and O–H groups in total. The van der Waals surface area contributed by atoms with E-state index in [2.05, 4.69) is 40.2 Å². The number of piperidine rings is 4. The molecule has 75 heavy (non-hydrogen) atoms. The van der Waals surface area contributed by atoms with E-state index in [0.29, 0.717) is 72.0 Å². The van der Waals surface area contributed by atoms with Gasteiger partial charge in [0, 0.05) is 95.1 Å². The lowest BCUT2D eigenvalue weighted by atomic mass is 9.94. The summed E-state index contributed by atoms with van der Waals surface area (Å²) in [5, 5.41) is 28.3. The summed E-state index contributed by atoms with van der Waals surface area (Å²) in [6.45, 7) is 15.1. The SMILES string of the molecule is CCc1c(F)ccc2cc(O)cc(-c3ncc4c(N5CCC[C@@](C)(O)C5)nc(OCC5(CN6CCN(C7CCN(CC8CCN(c9ccc(C(=O)NC%10CCC(=O)NC%10=O)nc9)CC8)CC7)CC6)CC5)nc4c3F)c12. The highest BCUT2D eigenvalue weighted by Gasteiger charge is 2.46. The Morgan fingerprint density at radius 1 is 0.880 bits per heavy atom.